The normalized spacial score (nSPS) is 21.6. The van der Waals surface area contributed by atoms with Crippen LogP contribution in [0.25, 0.3) is 11.0 Å². The Kier molecular flexibility index (Phi) is 2.84. The van der Waals surface area contributed by atoms with E-state index in [2.05, 4.69) is 0 Å². The molecule has 3 heterocycles. The van der Waals surface area contributed by atoms with Crippen LogP contribution in [0.3, 0.4) is 0 Å². The zero-order valence-electron chi connectivity index (χ0n) is 11.7. The Labute approximate surface area is 126 Å². The van der Waals surface area contributed by atoms with Gasteiger partial charge in [-0.3, -0.25) is 4.79 Å². The first-order valence-electron chi connectivity index (χ1n) is 7.09. The minimum atomic E-state index is -2.84. The minimum Gasteiger partial charge on any atom is -0.464 e. The van der Waals surface area contributed by atoms with Crippen molar-refractivity contribution >= 4 is 26.7 Å². The van der Waals surface area contributed by atoms with Crippen molar-refractivity contribution in [3.8, 4) is 0 Å². The topological polar surface area (TPSA) is 67.6 Å². The predicted octanol–water partition coefficient (Wildman–Crippen LogP) is 1.69. The minimum absolute atomic E-state index is 0.158. The van der Waals surface area contributed by atoms with Crippen LogP contribution in [-0.4, -0.2) is 43.8 Å². The Morgan fingerprint density at radius 3 is 2.64 bits per heavy atom. The monoisotopic (exact) mass is 323 g/mol. The zero-order chi connectivity index (χ0) is 15.5. The van der Waals surface area contributed by atoms with Crippen molar-refractivity contribution in [3.05, 3.63) is 35.8 Å². The molecule has 1 amide bonds. The van der Waals surface area contributed by atoms with Crippen molar-refractivity contribution in [2.45, 2.75) is 0 Å². The van der Waals surface area contributed by atoms with Gasteiger partial charge in [-0.25, -0.2) is 12.8 Å². The van der Waals surface area contributed by atoms with Crippen molar-refractivity contribution in [3.63, 3.8) is 0 Å². The first-order chi connectivity index (χ1) is 10.4. The summed E-state index contributed by atoms with van der Waals surface area (Å²) in [5, 5.41) is 0.561. The molecule has 7 heteroatoms. The van der Waals surface area contributed by atoms with Crippen molar-refractivity contribution in [1.29, 1.82) is 0 Å². The Bertz CT molecular complexity index is 855. The number of carbonyl (C=O) groups excluding carboxylic acids is 1. The second kappa shape index (κ2) is 4.55. The van der Waals surface area contributed by atoms with Crippen LogP contribution < -0.4 is 0 Å². The quantitative estimate of drug-likeness (QED) is 0.843. The van der Waals surface area contributed by atoms with Gasteiger partial charge in [0.1, 0.15) is 11.4 Å². The van der Waals surface area contributed by atoms with Crippen LogP contribution in [0.2, 0.25) is 0 Å². The van der Waals surface area contributed by atoms with E-state index in [1.807, 2.05) is 0 Å². The SMILES string of the molecule is O=C(c1cc(F)cc2ccoc12)N1CC(C2CS(=O)(=O)C2)C1. The summed E-state index contributed by atoms with van der Waals surface area (Å²) in [6.45, 7) is 1.05. The van der Waals surface area contributed by atoms with Crippen LogP contribution >= 0.6 is 0 Å². The summed E-state index contributed by atoms with van der Waals surface area (Å²) in [4.78, 5) is 14.1. The second-order valence-corrected chi connectivity index (χ2v) is 8.25. The number of nitrogens with zero attached hydrogens (tertiary/aromatic N) is 1. The molecule has 0 unspecified atom stereocenters. The average Bonchev–Trinajstić information content (AvgIpc) is 2.81. The van der Waals surface area contributed by atoms with Gasteiger partial charge in [-0.1, -0.05) is 0 Å². The average molecular weight is 323 g/mol. The van der Waals surface area contributed by atoms with E-state index < -0.39 is 15.7 Å². The fourth-order valence-corrected chi connectivity index (χ4v) is 4.98. The Morgan fingerprint density at radius 2 is 1.95 bits per heavy atom. The molecule has 2 saturated heterocycles. The van der Waals surface area contributed by atoms with Crippen molar-refractivity contribution < 1.29 is 22.0 Å². The number of fused-ring (bicyclic) bond motifs is 1. The standard InChI is InChI=1S/C15H14FNO4S/c16-12-3-9-1-2-21-14(9)13(4-12)15(18)17-5-10(6-17)11-7-22(19,20)8-11/h1-4,10-11H,5-8H2. The van der Waals surface area contributed by atoms with E-state index in [4.69, 9.17) is 4.42 Å². The Morgan fingerprint density at radius 1 is 1.23 bits per heavy atom. The van der Waals surface area contributed by atoms with Crippen molar-refractivity contribution in [2.75, 3.05) is 24.6 Å². The highest BCUT2D eigenvalue weighted by molar-refractivity contribution is 7.92. The van der Waals surface area contributed by atoms with E-state index in [1.165, 1.54) is 18.4 Å². The van der Waals surface area contributed by atoms with Gasteiger partial charge in [0.2, 0.25) is 0 Å². The Balaban J connectivity index is 1.50. The van der Waals surface area contributed by atoms with E-state index in [1.54, 1.807) is 11.0 Å². The third-order valence-corrected chi connectivity index (χ3v) is 6.42. The molecule has 2 aliphatic rings. The summed E-state index contributed by atoms with van der Waals surface area (Å²) in [5.41, 5.74) is 0.612. The number of halogens is 1. The lowest BCUT2D eigenvalue weighted by Crippen LogP contribution is -2.57. The number of furan rings is 1. The number of sulfone groups is 1. The third-order valence-electron chi connectivity index (χ3n) is 4.55. The number of hydrogen-bond donors (Lipinski definition) is 0. The summed E-state index contributed by atoms with van der Waals surface area (Å²) in [7, 11) is -2.84. The van der Waals surface area contributed by atoms with E-state index in [0.29, 0.717) is 24.1 Å². The molecule has 2 aliphatic heterocycles. The molecule has 5 nitrogen and oxygen atoms in total. The number of likely N-dealkylation sites (tertiary alicyclic amines) is 1. The van der Waals surface area contributed by atoms with E-state index in [0.717, 1.165) is 0 Å². The van der Waals surface area contributed by atoms with Crippen LogP contribution in [0.5, 0.6) is 0 Å². The van der Waals surface area contributed by atoms with Gasteiger partial charge in [-0.15, -0.1) is 0 Å². The van der Waals surface area contributed by atoms with E-state index in [-0.39, 0.29) is 34.8 Å². The molecule has 22 heavy (non-hydrogen) atoms. The lowest BCUT2D eigenvalue weighted by molar-refractivity contribution is 0.0400. The number of benzene rings is 1. The van der Waals surface area contributed by atoms with Gasteiger partial charge in [-0.05, 0) is 30.0 Å². The number of amides is 1. The number of hydrogen-bond acceptors (Lipinski definition) is 4. The van der Waals surface area contributed by atoms with Gasteiger partial charge in [0.05, 0.1) is 23.3 Å². The molecule has 0 aliphatic carbocycles. The third kappa shape index (κ3) is 2.11. The predicted molar refractivity (Wildman–Crippen MR) is 77.7 cm³/mol. The van der Waals surface area contributed by atoms with Gasteiger partial charge < -0.3 is 9.32 Å². The molecule has 2 fully saturated rings. The summed E-state index contributed by atoms with van der Waals surface area (Å²) >= 11 is 0. The molecule has 0 spiro atoms. The lowest BCUT2D eigenvalue weighted by Gasteiger charge is -2.46. The zero-order valence-corrected chi connectivity index (χ0v) is 12.5. The molecule has 0 saturated carbocycles. The number of carbonyl (C=O) groups is 1. The smallest absolute Gasteiger partial charge is 0.257 e. The summed E-state index contributed by atoms with van der Waals surface area (Å²) in [5.74, 6) is 0.0973. The molecule has 0 radical (unpaired) electrons. The van der Waals surface area contributed by atoms with Gasteiger partial charge in [0.25, 0.3) is 5.91 Å². The highest BCUT2D eigenvalue weighted by Crippen LogP contribution is 2.34. The first kappa shape index (κ1) is 13.8. The van der Waals surface area contributed by atoms with Gasteiger partial charge in [0.15, 0.2) is 9.84 Å². The van der Waals surface area contributed by atoms with Crippen LogP contribution in [-0.2, 0) is 9.84 Å². The van der Waals surface area contributed by atoms with Crippen molar-refractivity contribution in [1.82, 2.24) is 4.90 Å². The van der Waals surface area contributed by atoms with Gasteiger partial charge in [-0.2, -0.15) is 0 Å². The highest BCUT2D eigenvalue weighted by atomic mass is 32.2. The largest absolute Gasteiger partial charge is 0.464 e. The molecular formula is C15H14FNO4S. The molecule has 1 aromatic carbocycles. The van der Waals surface area contributed by atoms with Crippen LogP contribution in [0.15, 0.2) is 28.9 Å². The maximum Gasteiger partial charge on any atom is 0.257 e. The summed E-state index contributed by atoms with van der Waals surface area (Å²) < 4.78 is 41.3. The van der Waals surface area contributed by atoms with Crippen LogP contribution in [0.1, 0.15) is 10.4 Å². The summed E-state index contributed by atoms with van der Waals surface area (Å²) in [6.07, 6.45) is 1.43. The number of rotatable bonds is 2. The van der Waals surface area contributed by atoms with Crippen LogP contribution in [0.4, 0.5) is 4.39 Å². The van der Waals surface area contributed by atoms with Crippen molar-refractivity contribution in [2.24, 2.45) is 11.8 Å². The fourth-order valence-electron chi connectivity index (χ4n) is 3.23. The maximum absolute atomic E-state index is 13.6. The molecule has 0 bridgehead atoms. The fraction of sp³-hybridized carbons (Fsp3) is 0.400. The second-order valence-electron chi connectivity index (χ2n) is 6.10. The lowest BCUT2D eigenvalue weighted by atomic mass is 9.87. The maximum atomic E-state index is 13.6. The molecule has 116 valence electrons. The molecule has 0 atom stereocenters. The van der Waals surface area contributed by atoms with E-state index in [9.17, 15) is 17.6 Å². The summed E-state index contributed by atoms with van der Waals surface area (Å²) in [6, 6.07) is 4.14. The van der Waals surface area contributed by atoms with Crippen LogP contribution in [0, 0.1) is 17.7 Å². The molecular weight excluding hydrogens is 309 g/mol. The Hall–Kier alpha value is -1.89. The molecule has 0 N–H and O–H groups in total. The van der Waals surface area contributed by atoms with Gasteiger partial charge >= 0.3 is 0 Å². The first-order valence-corrected chi connectivity index (χ1v) is 8.91. The molecule has 2 aromatic rings. The highest BCUT2D eigenvalue weighted by Gasteiger charge is 2.45. The molecule has 1 aromatic heterocycles. The molecule has 4 rings (SSSR count). The van der Waals surface area contributed by atoms with Gasteiger partial charge in [0, 0.05) is 18.5 Å². The van der Waals surface area contributed by atoms with E-state index >= 15 is 0 Å².